The average Bonchev–Trinajstić information content (AvgIpc) is 2.66. The summed E-state index contributed by atoms with van der Waals surface area (Å²) in [4.78, 5) is 12.3. The lowest BCUT2D eigenvalue weighted by Gasteiger charge is -2.34. The van der Waals surface area contributed by atoms with Crippen molar-refractivity contribution in [2.75, 3.05) is 13.7 Å². The standard InChI is InChI=1S/C20H22O5/c1-3-23-19(21)20(22-2)12-11-16-9-10-17(13-18(16)25-20)24-14-15-7-5-4-6-8-15/h4-10,13H,3,11-12,14H2,1-2H3. The number of hydrogen-bond donors (Lipinski definition) is 0. The van der Waals surface area contributed by atoms with Gasteiger partial charge in [-0.25, -0.2) is 4.79 Å². The average molecular weight is 342 g/mol. The van der Waals surface area contributed by atoms with Gasteiger partial charge in [-0.1, -0.05) is 36.4 Å². The Kier molecular flexibility index (Phi) is 5.24. The highest BCUT2D eigenvalue weighted by molar-refractivity contribution is 5.79. The van der Waals surface area contributed by atoms with Crippen molar-refractivity contribution in [2.24, 2.45) is 0 Å². The molecule has 1 unspecified atom stereocenters. The first kappa shape index (κ1) is 17.3. The summed E-state index contributed by atoms with van der Waals surface area (Å²) in [6.45, 7) is 2.50. The summed E-state index contributed by atoms with van der Waals surface area (Å²) in [6, 6.07) is 15.6. The maximum absolute atomic E-state index is 12.3. The molecule has 0 N–H and O–H groups in total. The van der Waals surface area contributed by atoms with E-state index < -0.39 is 11.8 Å². The van der Waals surface area contributed by atoms with E-state index in [1.165, 1.54) is 7.11 Å². The first-order valence-electron chi connectivity index (χ1n) is 8.38. The maximum Gasteiger partial charge on any atom is 0.379 e. The van der Waals surface area contributed by atoms with Gasteiger partial charge in [-0.05, 0) is 30.5 Å². The van der Waals surface area contributed by atoms with Crippen LogP contribution in [0.1, 0.15) is 24.5 Å². The lowest BCUT2D eigenvalue weighted by atomic mass is 9.99. The van der Waals surface area contributed by atoms with E-state index in [9.17, 15) is 4.79 Å². The van der Waals surface area contributed by atoms with Crippen LogP contribution in [0.2, 0.25) is 0 Å². The van der Waals surface area contributed by atoms with Crippen molar-refractivity contribution in [3.8, 4) is 11.5 Å². The number of carbonyl (C=O) groups excluding carboxylic acids is 1. The minimum absolute atomic E-state index is 0.278. The van der Waals surface area contributed by atoms with E-state index >= 15 is 0 Å². The minimum Gasteiger partial charge on any atom is -0.489 e. The Morgan fingerprint density at radius 2 is 2.00 bits per heavy atom. The Hall–Kier alpha value is -2.53. The molecule has 2 aromatic rings. The molecule has 0 saturated carbocycles. The largest absolute Gasteiger partial charge is 0.489 e. The van der Waals surface area contributed by atoms with Gasteiger partial charge in [0.2, 0.25) is 0 Å². The molecule has 0 aromatic heterocycles. The number of benzene rings is 2. The van der Waals surface area contributed by atoms with Gasteiger partial charge in [-0.15, -0.1) is 0 Å². The zero-order chi connectivity index (χ0) is 17.7. The predicted octanol–water partition coefficient (Wildman–Crippen LogP) is 3.50. The highest BCUT2D eigenvalue weighted by Gasteiger charge is 2.45. The van der Waals surface area contributed by atoms with Gasteiger partial charge in [0.1, 0.15) is 18.1 Å². The molecule has 0 bridgehead atoms. The number of aryl methyl sites for hydroxylation is 1. The van der Waals surface area contributed by atoms with Crippen molar-refractivity contribution < 1.29 is 23.7 Å². The molecular weight excluding hydrogens is 320 g/mol. The molecule has 2 aromatic carbocycles. The quantitative estimate of drug-likeness (QED) is 0.752. The first-order chi connectivity index (χ1) is 12.2. The van der Waals surface area contributed by atoms with Crippen LogP contribution in [0.4, 0.5) is 0 Å². The molecule has 1 aliphatic heterocycles. The molecule has 1 heterocycles. The van der Waals surface area contributed by atoms with Crippen molar-refractivity contribution in [3.63, 3.8) is 0 Å². The predicted molar refractivity (Wildman–Crippen MR) is 92.5 cm³/mol. The third-order valence-corrected chi connectivity index (χ3v) is 4.20. The van der Waals surface area contributed by atoms with Crippen LogP contribution in [0.25, 0.3) is 0 Å². The lowest BCUT2D eigenvalue weighted by Crippen LogP contribution is -2.50. The second kappa shape index (κ2) is 7.57. The van der Waals surface area contributed by atoms with Gasteiger partial charge >= 0.3 is 11.8 Å². The molecule has 0 saturated heterocycles. The van der Waals surface area contributed by atoms with Gasteiger partial charge in [0.15, 0.2) is 0 Å². The molecule has 1 atom stereocenters. The van der Waals surface area contributed by atoms with Crippen LogP contribution in [0, 0.1) is 0 Å². The highest BCUT2D eigenvalue weighted by Crippen LogP contribution is 2.37. The van der Waals surface area contributed by atoms with E-state index in [0.29, 0.717) is 30.9 Å². The van der Waals surface area contributed by atoms with Gasteiger partial charge < -0.3 is 18.9 Å². The molecule has 0 spiro atoms. The van der Waals surface area contributed by atoms with Crippen molar-refractivity contribution >= 4 is 5.97 Å². The molecular formula is C20H22O5. The highest BCUT2D eigenvalue weighted by atomic mass is 16.7. The first-order valence-corrected chi connectivity index (χ1v) is 8.38. The molecule has 25 heavy (non-hydrogen) atoms. The number of ether oxygens (including phenoxy) is 4. The summed E-state index contributed by atoms with van der Waals surface area (Å²) in [5, 5.41) is 0. The third-order valence-electron chi connectivity index (χ3n) is 4.20. The van der Waals surface area contributed by atoms with E-state index in [2.05, 4.69) is 0 Å². The topological polar surface area (TPSA) is 54.0 Å². The maximum atomic E-state index is 12.3. The van der Waals surface area contributed by atoms with Gasteiger partial charge in [-0.3, -0.25) is 0 Å². The van der Waals surface area contributed by atoms with Crippen molar-refractivity contribution in [1.82, 2.24) is 0 Å². The molecule has 1 aliphatic rings. The zero-order valence-corrected chi connectivity index (χ0v) is 14.5. The normalized spacial score (nSPS) is 18.8. The molecule has 132 valence electrons. The van der Waals surface area contributed by atoms with Crippen LogP contribution < -0.4 is 9.47 Å². The van der Waals surface area contributed by atoms with E-state index in [1.807, 2.05) is 42.5 Å². The smallest absolute Gasteiger partial charge is 0.379 e. The Morgan fingerprint density at radius 1 is 1.20 bits per heavy atom. The van der Waals surface area contributed by atoms with Gasteiger partial charge in [0, 0.05) is 19.6 Å². The third kappa shape index (κ3) is 3.77. The molecule has 0 amide bonds. The van der Waals surface area contributed by atoms with E-state index in [0.717, 1.165) is 11.1 Å². The molecule has 5 nitrogen and oxygen atoms in total. The Balaban J connectivity index is 1.75. The van der Waals surface area contributed by atoms with E-state index in [1.54, 1.807) is 13.0 Å². The molecule has 0 fully saturated rings. The fourth-order valence-electron chi connectivity index (χ4n) is 2.81. The van der Waals surface area contributed by atoms with Crippen LogP contribution in [0.5, 0.6) is 11.5 Å². The SMILES string of the molecule is CCOC(=O)C1(OC)CCc2ccc(OCc3ccccc3)cc2O1. The second-order valence-corrected chi connectivity index (χ2v) is 5.82. The lowest BCUT2D eigenvalue weighted by molar-refractivity contribution is -0.213. The summed E-state index contributed by atoms with van der Waals surface area (Å²) in [5.41, 5.74) is 2.10. The fraction of sp³-hybridized carbons (Fsp3) is 0.350. The van der Waals surface area contributed by atoms with Crippen LogP contribution in [-0.2, 0) is 27.3 Å². The summed E-state index contributed by atoms with van der Waals surface area (Å²) in [7, 11) is 1.46. The van der Waals surface area contributed by atoms with Crippen LogP contribution >= 0.6 is 0 Å². The number of carbonyl (C=O) groups is 1. The fourth-order valence-corrected chi connectivity index (χ4v) is 2.81. The van der Waals surface area contributed by atoms with Crippen molar-refractivity contribution in [3.05, 3.63) is 59.7 Å². The monoisotopic (exact) mass is 342 g/mol. The molecule has 0 aliphatic carbocycles. The van der Waals surface area contributed by atoms with Gasteiger partial charge in [0.25, 0.3) is 0 Å². The molecule has 0 radical (unpaired) electrons. The molecule has 5 heteroatoms. The summed E-state index contributed by atoms with van der Waals surface area (Å²) in [5.74, 6) is -0.620. The van der Waals surface area contributed by atoms with Crippen molar-refractivity contribution in [1.29, 1.82) is 0 Å². The number of methoxy groups -OCH3 is 1. The van der Waals surface area contributed by atoms with Crippen LogP contribution in [0.3, 0.4) is 0 Å². The van der Waals surface area contributed by atoms with E-state index in [4.69, 9.17) is 18.9 Å². The van der Waals surface area contributed by atoms with E-state index in [-0.39, 0.29) is 6.61 Å². The van der Waals surface area contributed by atoms with Crippen LogP contribution in [0.15, 0.2) is 48.5 Å². The number of rotatable bonds is 6. The van der Waals surface area contributed by atoms with Crippen molar-refractivity contribution in [2.45, 2.75) is 32.2 Å². The van der Waals surface area contributed by atoms with Gasteiger partial charge in [-0.2, -0.15) is 0 Å². The summed E-state index contributed by atoms with van der Waals surface area (Å²) < 4.78 is 22.2. The Morgan fingerprint density at radius 3 is 2.72 bits per heavy atom. The Labute approximate surface area is 147 Å². The summed E-state index contributed by atoms with van der Waals surface area (Å²) >= 11 is 0. The minimum atomic E-state index is -1.39. The second-order valence-electron chi connectivity index (χ2n) is 5.82. The number of hydrogen-bond acceptors (Lipinski definition) is 5. The molecule has 3 rings (SSSR count). The van der Waals surface area contributed by atoms with Gasteiger partial charge in [0.05, 0.1) is 6.61 Å². The number of esters is 1. The number of fused-ring (bicyclic) bond motifs is 1. The Bertz CT molecular complexity index is 728. The summed E-state index contributed by atoms with van der Waals surface area (Å²) in [6.07, 6.45) is 1.08. The zero-order valence-electron chi connectivity index (χ0n) is 14.5. The van der Waals surface area contributed by atoms with Crippen LogP contribution in [-0.4, -0.2) is 25.5 Å².